The molecular weight excluding hydrogens is 302 g/mol. The summed E-state index contributed by atoms with van der Waals surface area (Å²) in [6.45, 7) is 0. The van der Waals surface area contributed by atoms with Crippen LogP contribution in [0.2, 0.25) is 0 Å². The lowest BCUT2D eigenvalue weighted by molar-refractivity contribution is -0.127. The maximum Gasteiger partial charge on any atom is 0.393 e. The van der Waals surface area contributed by atoms with Crippen molar-refractivity contribution in [3.8, 4) is 11.1 Å². The predicted molar refractivity (Wildman–Crippen MR) is 70.3 cm³/mol. The fourth-order valence-corrected chi connectivity index (χ4v) is 2.09. The summed E-state index contributed by atoms with van der Waals surface area (Å²) >= 11 is 0. The van der Waals surface area contributed by atoms with Gasteiger partial charge in [-0.05, 0) is 17.7 Å². The zero-order valence-electron chi connectivity index (χ0n) is 11.0. The van der Waals surface area contributed by atoms with E-state index in [0.29, 0.717) is 11.1 Å². The van der Waals surface area contributed by atoms with Gasteiger partial charge in [-0.1, -0.05) is 0 Å². The van der Waals surface area contributed by atoms with Crippen LogP contribution in [-0.4, -0.2) is 25.8 Å². The SMILES string of the molecule is Nc1nc2c(F)cc(-c3cncc(CC(F)(F)F)c3)cn2n1. The number of alkyl halides is 3. The Labute approximate surface area is 121 Å². The van der Waals surface area contributed by atoms with Gasteiger partial charge >= 0.3 is 6.18 Å². The van der Waals surface area contributed by atoms with Crippen molar-refractivity contribution in [2.75, 3.05) is 5.73 Å². The fourth-order valence-electron chi connectivity index (χ4n) is 2.09. The lowest BCUT2D eigenvalue weighted by Gasteiger charge is -2.08. The highest BCUT2D eigenvalue weighted by Gasteiger charge is 2.27. The molecule has 2 N–H and O–H groups in total. The lowest BCUT2D eigenvalue weighted by Crippen LogP contribution is -2.11. The van der Waals surface area contributed by atoms with E-state index in [1.54, 1.807) is 0 Å². The molecule has 3 aromatic rings. The Morgan fingerprint density at radius 1 is 1.14 bits per heavy atom. The van der Waals surface area contributed by atoms with Crippen LogP contribution in [0.15, 0.2) is 30.7 Å². The molecule has 3 rings (SSSR count). The molecule has 3 heterocycles. The average molecular weight is 311 g/mol. The predicted octanol–water partition coefficient (Wildman–Crippen LogP) is 2.62. The summed E-state index contributed by atoms with van der Waals surface area (Å²) in [6.07, 6.45) is -1.54. The summed E-state index contributed by atoms with van der Waals surface area (Å²) in [5.74, 6) is -0.775. The number of pyridine rings is 2. The first-order valence-corrected chi connectivity index (χ1v) is 6.14. The van der Waals surface area contributed by atoms with E-state index in [1.165, 1.54) is 18.5 Å². The molecule has 0 atom stereocenters. The van der Waals surface area contributed by atoms with Crippen LogP contribution in [0.25, 0.3) is 16.8 Å². The molecule has 0 fully saturated rings. The summed E-state index contributed by atoms with van der Waals surface area (Å²) < 4.78 is 52.4. The van der Waals surface area contributed by atoms with Crippen LogP contribution in [0.1, 0.15) is 5.56 Å². The summed E-state index contributed by atoms with van der Waals surface area (Å²) in [7, 11) is 0. The van der Waals surface area contributed by atoms with E-state index in [2.05, 4.69) is 15.1 Å². The minimum absolute atomic E-state index is 0.0105. The third kappa shape index (κ3) is 2.83. The second kappa shape index (κ2) is 4.93. The minimum atomic E-state index is -4.34. The van der Waals surface area contributed by atoms with Gasteiger partial charge in [0.25, 0.3) is 0 Å². The number of hydrogen-bond acceptors (Lipinski definition) is 4. The molecule has 0 spiro atoms. The molecule has 0 saturated heterocycles. The van der Waals surface area contributed by atoms with Crippen LogP contribution in [0, 0.1) is 5.82 Å². The Balaban J connectivity index is 2.05. The van der Waals surface area contributed by atoms with Crippen LogP contribution < -0.4 is 5.73 Å². The minimum Gasteiger partial charge on any atom is -0.366 e. The average Bonchev–Trinajstić information content (AvgIpc) is 2.78. The summed E-state index contributed by atoms with van der Waals surface area (Å²) in [6, 6.07) is 2.46. The standard InChI is InChI=1S/C13H9F4N5/c14-10-2-9(6-22-11(10)20-12(18)21-22)8-1-7(4-19-5-8)3-13(15,16)17/h1-2,4-6H,3H2,(H2,18,21). The van der Waals surface area contributed by atoms with E-state index < -0.39 is 18.4 Å². The number of nitrogens with two attached hydrogens (primary N) is 1. The Morgan fingerprint density at radius 2 is 1.91 bits per heavy atom. The topological polar surface area (TPSA) is 69.1 Å². The molecule has 0 radical (unpaired) electrons. The van der Waals surface area contributed by atoms with Crippen LogP contribution >= 0.6 is 0 Å². The van der Waals surface area contributed by atoms with Gasteiger partial charge in [0.1, 0.15) is 0 Å². The normalized spacial score (nSPS) is 12.0. The third-order valence-corrected chi connectivity index (χ3v) is 2.94. The molecule has 9 heteroatoms. The molecule has 3 aromatic heterocycles. The van der Waals surface area contributed by atoms with E-state index in [1.807, 2.05) is 0 Å². The second-order valence-corrected chi connectivity index (χ2v) is 4.69. The first kappa shape index (κ1) is 14.2. The number of nitrogen functional groups attached to an aromatic ring is 1. The van der Waals surface area contributed by atoms with E-state index >= 15 is 0 Å². The van der Waals surface area contributed by atoms with Crippen molar-refractivity contribution in [2.45, 2.75) is 12.6 Å². The van der Waals surface area contributed by atoms with Gasteiger partial charge in [-0.2, -0.15) is 18.2 Å². The van der Waals surface area contributed by atoms with Gasteiger partial charge in [-0.25, -0.2) is 8.91 Å². The van der Waals surface area contributed by atoms with Gasteiger partial charge in [-0.15, -0.1) is 5.10 Å². The zero-order valence-corrected chi connectivity index (χ0v) is 11.0. The maximum absolute atomic E-state index is 13.9. The molecule has 114 valence electrons. The Bertz CT molecular complexity index is 840. The molecule has 0 saturated carbocycles. The van der Waals surface area contributed by atoms with Crippen molar-refractivity contribution < 1.29 is 17.6 Å². The number of halogens is 4. The van der Waals surface area contributed by atoms with Crippen LogP contribution in [0.4, 0.5) is 23.5 Å². The van der Waals surface area contributed by atoms with Crippen LogP contribution in [-0.2, 0) is 6.42 Å². The number of anilines is 1. The largest absolute Gasteiger partial charge is 0.393 e. The van der Waals surface area contributed by atoms with Crippen LogP contribution in [0.5, 0.6) is 0 Å². The molecule has 0 aliphatic carbocycles. The first-order chi connectivity index (χ1) is 10.3. The van der Waals surface area contributed by atoms with E-state index in [-0.39, 0.29) is 17.2 Å². The van der Waals surface area contributed by atoms with Gasteiger partial charge < -0.3 is 5.73 Å². The van der Waals surface area contributed by atoms with Gasteiger partial charge in [0.15, 0.2) is 11.5 Å². The molecule has 0 aliphatic heterocycles. The van der Waals surface area contributed by atoms with Crippen LogP contribution in [0.3, 0.4) is 0 Å². The first-order valence-electron chi connectivity index (χ1n) is 6.14. The molecule has 0 bridgehead atoms. The molecule has 0 unspecified atom stereocenters. The Morgan fingerprint density at radius 3 is 2.64 bits per heavy atom. The third-order valence-electron chi connectivity index (χ3n) is 2.94. The van der Waals surface area contributed by atoms with Crippen molar-refractivity contribution in [1.82, 2.24) is 19.6 Å². The quantitative estimate of drug-likeness (QED) is 0.739. The number of aromatic nitrogens is 4. The van der Waals surface area contributed by atoms with Gasteiger partial charge in [0.05, 0.1) is 6.42 Å². The Hall–Kier alpha value is -2.71. The monoisotopic (exact) mass is 311 g/mol. The highest BCUT2D eigenvalue weighted by molar-refractivity contribution is 5.65. The second-order valence-electron chi connectivity index (χ2n) is 4.69. The van der Waals surface area contributed by atoms with Crippen molar-refractivity contribution in [3.05, 3.63) is 42.1 Å². The van der Waals surface area contributed by atoms with E-state index in [9.17, 15) is 17.6 Å². The maximum atomic E-state index is 13.9. The summed E-state index contributed by atoms with van der Waals surface area (Å²) in [4.78, 5) is 7.47. The molecule has 22 heavy (non-hydrogen) atoms. The number of nitrogens with zero attached hydrogens (tertiary/aromatic N) is 4. The van der Waals surface area contributed by atoms with E-state index in [4.69, 9.17) is 5.73 Å². The van der Waals surface area contributed by atoms with Crippen molar-refractivity contribution >= 4 is 11.6 Å². The van der Waals surface area contributed by atoms with Gasteiger partial charge in [0, 0.05) is 29.7 Å². The number of fused-ring (bicyclic) bond motifs is 1. The van der Waals surface area contributed by atoms with Gasteiger partial charge in [-0.3, -0.25) is 4.98 Å². The van der Waals surface area contributed by atoms with Crippen molar-refractivity contribution in [3.63, 3.8) is 0 Å². The summed E-state index contributed by atoms with van der Waals surface area (Å²) in [5.41, 5.74) is 6.00. The molecule has 0 aliphatic rings. The molecule has 5 nitrogen and oxygen atoms in total. The zero-order chi connectivity index (χ0) is 15.9. The number of rotatable bonds is 2. The Kier molecular flexibility index (Phi) is 3.19. The molecule has 0 amide bonds. The fraction of sp³-hybridized carbons (Fsp3) is 0.154. The van der Waals surface area contributed by atoms with Crippen molar-refractivity contribution in [2.24, 2.45) is 0 Å². The van der Waals surface area contributed by atoms with E-state index in [0.717, 1.165) is 16.8 Å². The highest BCUT2D eigenvalue weighted by Crippen LogP contribution is 2.25. The lowest BCUT2D eigenvalue weighted by atomic mass is 10.1. The highest BCUT2D eigenvalue weighted by atomic mass is 19.4. The van der Waals surface area contributed by atoms with Crippen molar-refractivity contribution in [1.29, 1.82) is 0 Å². The van der Waals surface area contributed by atoms with Gasteiger partial charge in [0.2, 0.25) is 5.95 Å². The molecular formula is C13H9F4N5. The summed E-state index contributed by atoms with van der Waals surface area (Å²) in [5, 5.41) is 3.78. The molecule has 0 aromatic carbocycles. The smallest absolute Gasteiger partial charge is 0.366 e. The number of hydrogen-bond donors (Lipinski definition) is 1.